The summed E-state index contributed by atoms with van der Waals surface area (Å²) in [6.45, 7) is 3.65. The molecule has 2 aliphatic rings. The fourth-order valence-corrected chi connectivity index (χ4v) is 6.27. The molecule has 6 nitrogen and oxygen atoms in total. The molecule has 4 rings (SSSR count). The first kappa shape index (κ1) is 21.1. The van der Waals surface area contributed by atoms with Gasteiger partial charge >= 0.3 is 0 Å². The monoisotopic (exact) mass is 443 g/mol. The minimum Gasteiger partial charge on any atom is -0.287 e. The zero-order valence-electron chi connectivity index (χ0n) is 16.9. The van der Waals surface area contributed by atoms with E-state index in [9.17, 15) is 13.2 Å². The van der Waals surface area contributed by atoms with E-state index in [2.05, 4.69) is 0 Å². The summed E-state index contributed by atoms with van der Waals surface area (Å²) in [4.78, 5) is 19.8. The van der Waals surface area contributed by atoms with E-state index in [0.29, 0.717) is 30.4 Å². The summed E-state index contributed by atoms with van der Waals surface area (Å²) in [5, 5.41) is 0.684. The van der Waals surface area contributed by atoms with Crippen LogP contribution in [0.15, 0.2) is 64.5 Å². The highest BCUT2D eigenvalue weighted by Gasteiger charge is 2.30. The molecule has 1 amide bonds. The SMILES string of the molecule is C[C@@H](N=C1SCCN1C(=O)c1cccc(S(=O)(=O)N2CCCC2)c1)c1ccccc1. The van der Waals surface area contributed by atoms with Crippen LogP contribution in [0.5, 0.6) is 0 Å². The van der Waals surface area contributed by atoms with Crippen LogP contribution in [0.2, 0.25) is 0 Å². The largest absolute Gasteiger partial charge is 0.287 e. The molecule has 0 bridgehead atoms. The Morgan fingerprint density at radius 3 is 2.50 bits per heavy atom. The Morgan fingerprint density at radius 1 is 1.03 bits per heavy atom. The molecular formula is C22H25N3O3S2. The Kier molecular flexibility index (Phi) is 6.26. The molecule has 1 atom stereocenters. The lowest BCUT2D eigenvalue weighted by atomic mass is 10.1. The van der Waals surface area contributed by atoms with Crippen molar-refractivity contribution in [3.63, 3.8) is 0 Å². The van der Waals surface area contributed by atoms with Gasteiger partial charge in [-0.3, -0.25) is 14.7 Å². The van der Waals surface area contributed by atoms with E-state index in [1.54, 1.807) is 34.9 Å². The van der Waals surface area contributed by atoms with Gasteiger partial charge in [-0.05, 0) is 43.5 Å². The van der Waals surface area contributed by atoms with E-state index in [0.717, 1.165) is 24.2 Å². The first-order chi connectivity index (χ1) is 14.5. The molecule has 0 aliphatic carbocycles. The molecule has 30 heavy (non-hydrogen) atoms. The molecule has 158 valence electrons. The second-order valence-electron chi connectivity index (χ2n) is 7.44. The van der Waals surface area contributed by atoms with Crippen LogP contribution < -0.4 is 0 Å². The Hall–Kier alpha value is -2.16. The van der Waals surface area contributed by atoms with Crippen molar-refractivity contribution in [1.82, 2.24) is 9.21 Å². The molecular weight excluding hydrogens is 418 g/mol. The summed E-state index contributed by atoms with van der Waals surface area (Å²) in [6, 6.07) is 16.3. The van der Waals surface area contributed by atoms with E-state index in [-0.39, 0.29) is 16.8 Å². The summed E-state index contributed by atoms with van der Waals surface area (Å²) in [6.07, 6.45) is 1.75. The van der Waals surface area contributed by atoms with Gasteiger partial charge in [0.05, 0.1) is 10.9 Å². The fraction of sp³-hybridized carbons (Fsp3) is 0.364. The van der Waals surface area contributed by atoms with E-state index in [1.165, 1.54) is 10.4 Å². The first-order valence-corrected chi connectivity index (χ1v) is 12.6. The van der Waals surface area contributed by atoms with Gasteiger partial charge in [-0.25, -0.2) is 8.42 Å². The summed E-state index contributed by atoms with van der Waals surface area (Å²) in [7, 11) is -3.56. The summed E-state index contributed by atoms with van der Waals surface area (Å²) >= 11 is 1.56. The highest BCUT2D eigenvalue weighted by molar-refractivity contribution is 8.14. The number of hydrogen-bond donors (Lipinski definition) is 0. The maximum absolute atomic E-state index is 13.2. The van der Waals surface area contributed by atoms with Crippen molar-refractivity contribution in [3.8, 4) is 0 Å². The van der Waals surface area contributed by atoms with Crippen LogP contribution >= 0.6 is 11.8 Å². The fourth-order valence-electron chi connectivity index (χ4n) is 3.69. The Balaban J connectivity index is 1.57. The summed E-state index contributed by atoms with van der Waals surface area (Å²) in [5.74, 6) is 0.565. The number of thioether (sulfide) groups is 1. The van der Waals surface area contributed by atoms with Crippen molar-refractivity contribution in [3.05, 3.63) is 65.7 Å². The van der Waals surface area contributed by atoms with Gasteiger partial charge in [-0.1, -0.05) is 48.2 Å². The molecule has 0 N–H and O–H groups in total. The van der Waals surface area contributed by atoms with Crippen LogP contribution in [0.1, 0.15) is 41.7 Å². The number of carbonyl (C=O) groups is 1. The van der Waals surface area contributed by atoms with Crippen LogP contribution in [0.25, 0.3) is 0 Å². The zero-order valence-corrected chi connectivity index (χ0v) is 18.5. The van der Waals surface area contributed by atoms with E-state index in [1.807, 2.05) is 37.3 Å². The normalized spacial score (nSPS) is 20.0. The number of nitrogens with zero attached hydrogens (tertiary/aromatic N) is 3. The molecule has 2 aliphatic heterocycles. The van der Waals surface area contributed by atoms with Gasteiger partial charge in [0.2, 0.25) is 10.0 Å². The maximum atomic E-state index is 13.2. The maximum Gasteiger partial charge on any atom is 0.259 e. The molecule has 0 spiro atoms. The van der Waals surface area contributed by atoms with Gasteiger partial charge < -0.3 is 0 Å². The molecule has 0 unspecified atom stereocenters. The van der Waals surface area contributed by atoms with Crippen LogP contribution in [-0.4, -0.2) is 54.1 Å². The quantitative estimate of drug-likeness (QED) is 0.705. The van der Waals surface area contributed by atoms with Gasteiger partial charge in [-0.2, -0.15) is 4.31 Å². The predicted molar refractivity (Wildman–Crippen MR) is 120 cm³/mol. The number of amidine groups is 1. The number of amides is 1. The molecule has 2 aromatic rings. The Bertz CT molecular complexity index is 1050. The molecule has 0 radical (unpaired) electrons. The van der Waals surface area contributed by atoms with Gasteiger partial charge in [-0.15, -0.1) is 0 Å². The lowest BCUT2D eigenvalue weighted by molar-refractivity contribution is 0.0859. The molecule has 2 aromatic carbocycles. The highest BCUT2D eigenvalue weighted by atomic mass is 32.2. The van der Waals surface area contributed by atoms with Gasteiger partial charge in [0, 0.05) is 31.0 Å². The third kappa shape index (κ3) is 4.31. The van der Waals surface area contributed by atoms with Gasteiger partial charge in [0.1, 0.15) is 0 Å². The summed E-state index contributed by atoms with van der Waals surface area (Å²) < 4.78 is 27.2. The number of carbonyl (C=O) groups excluding carboxylic acids is 1. The third-order valence-electron chi connectivity index (χ3n) is 5.39. The lowest BCUT2D eigenvalue weighted by Gasteiger charge is -2.19. The summed E-state index contributed by atoms with van der Waals surface area (Å²) in [5.41, 5.74) is 1.46. The molecule has 8 heteroatoms. The Labute approximate surface area is 182 Å². The molecule has 0 aromatic heterocycles. The van der Waals surface area contributed by atoms with Crippen molar-refractivity contribution in [1.29, 1.82) is 0 Å². The average Bonchev–Trinajstić information content (AvgIpc) is 3.47. The molecule has 2 saturated heterocycles. The number of aliphatic imine (C=N–C) groups is 1. The second-order valence-corrected chi connectivity index (χ2v) is 10.4. The van der Waals surface area contributed by atoms with Crippen LogP contribution in [0.3, 0.4) is 0 Å². The van der Waals surface area contributed by atoms with Crippen molar-refractivity contribution in [2.45, 2.75) is 30.7 Å². The highest BCUT2D eigenvalue weighted by Crippen LogP contribution is 2.27. The third-order valence-corrected chi connectivity index (χ3v) is 8.26. The predicted octanol–water partition coefficient (Wildman–Crippen LogP) is 3.78. The second kappa shape index (κ2) is 8.91. The first-order valence-electron chi connectivity index (χ1n) is 10.1. The average molecular weight is 444 g/mol. The standard InChI is InChI=1S/C22H25N3O3S2/c1-17(18-8-3-2-4-9-18)23-22-25(14-15-29-22)21(26)19-10-7-11-20(16-19)30(27,28)24-12-5-6-13-24/h2-4,7-11,16-17H,5-6,12-15H2,1H3/t17-/m1/s1. The smallest absolute Gasteiger partial charge is 0.259 e. The molecule has 0 saturated carbocycles. The van der Waals surface area contributed by atoms with Crippen LogP contribution in [-0.2, 0) is 10.0 Å². The van der Waals surface area contributed by atoms with E-state index < -0.39 is 10.0 Å². The van der Waals surface area contributed by atoms with E-state index >= 15 is 0 Å². The minimum absolute atomic E-state index is 0.0658. The van der Waals surface area contributed by atoms with Gasteiger partial charge in [0.15, 0.2) is 5.17 Å². The van der Waals surface area contributed by atoms with E-state index in [4.69, 9.17) is 4.99 Å². The Morgan fingerprint density at radius 2 is 1.77 bits per heavy atom. The topological polar surface area (TPSA) is 70.0 Å². The van der Waals surface area contributed by atoms with Crippen LogP contribution in [0.4, 0.5) is 0 Å². The van der Waals surface area contributed by atoms with Gasteiger partial charge in [0.25, 0.3) is 5.91 Å². The van der Waals surface area contributed by atoms with Crippen molar-refractivity contribution in [2.24, 2.45) is 4.99 Å². The molecule has 2 heterocycles. The van der Waals surface area contributed by atoms with Crippen molar-refractivity contribution >= 4 is 32.9 Å². The number of rotatable bonds is 5. The van der Waals surface area contributed by atoms with Crippen molar-refractivity contribution < 1.29 is 13.2 Å². The number of benzene rings is 2. The zero-order chi connectivity index (χ0) is 21.1. The molecule has 2 fully saturated rings. The van der Waals surface area contributed by atoms with Crippen molar-refractivity contribution in [2.75, 3.05) is 25.4 Å². The minimum atomic E-state index is -3.56. The van der Waals surface area contributed by atoms with Crippen LogP contribution in [0, 0.1) is 0 Å². The number of sulfonamides is 1. The number of hydrogen-bond acceptors (Lipinski definition) is 5. The lowest BCUT2D eigenvalue weighted by Crippen LogP contribution is -2.32.